The lowest BCUT2D eigenvalue weighted by Gasteiger charge is -2.26. The van der Waals surface area contributed by atoms with E-state index in [0.717, 1.165) is 38.8 Å². The molecule has 0 saturated carbocycles. The van der Waals surface area contributed by atoms with E-state index < -0.39 is 11.8 Å². The molecule has 0 aliphatic carbocycles. The number of carbonyl (C=O) groups excluding carboxylic acids is 2. The Labute approximate surface area is 147 Å². The van der Waals surface area contributed by atoms with Crippen LogP contribution in [0.5, 0.6) is 5.75 Å². The van der Waals surface area contributed by atoms with Crippen LogP contribution >= 0.6 is 0 Å². The molecule has 25 heavy (non-hydrogen) atoms. The minimum Gasteiger partial charge on any atom is -0.495 e. The standard InChI is InChI=1S/C18H26FN3O3/c1-3-21(13-17(23)22-10-6-4-5-7-11-22)18(24)20-15-12-14(19)8-9-16(15)25-2/h8-9,12H,3-7,10-11,13H2,1-2H3,(H,20,24). The second-order valence-electron chi connectivity index (χ2n) is 6.08. The number of carbonyl (C=O) groups is 2. The lowest BCUT2D eigenvalue weighted by molar-refractivity contribution is -0.131. The molecular formula is C18H26FN3O3. The van der Waals surface area contributed by atoms with E-state index in [-0.39, 0.29) is 18.1 Å². The molecule has 0 aromatic heterocycles. The van der Waals surface area contributed by atoms with Gasteiger partial charge in [-0.3, -0.25) is 4.79 Å². The molecule has 2 rings (SSSR count). The number of nitrogens with one attached hydrogen (secondary N) is 1. The van der Waals surface area contributed by atoms with Gasteiger partial charge in [0, 0.05) is 25.7 Å². The monoisotopic (exact) mass is 351 g/mol. The van der Waals surface area contributed by atoms with Crippen LogP contribution in [-0.4, -0.2) is 55.0 Å². The maximum atomic E-state index is 13.4. The van der Waals surface area contributed by atoms with E-state index in [0.29, 0.717) is 12.3 Å². The summed E-state index contributed by atoms with van der Waals surface area (Å²) in [5.74, 6) is -0.158. The van der Waals surface area contributed by atoms with Gasteiger partial charge in [0.1, 0.15) is 18.1 Å². The van der Waals surface area contributed by atoms with Gasteiger partial charge in [-0.05, 0) is 31.9 Å². The molecule has 1 aromatic carbocycles. The van der Waals surface area contributed by atoms with Gasteiger partial charge >= 0.3 is 6.03 Å². The third-order valence-electron chi connectivity index (χ3n) is 4.36. The second kappa shape index (κ2) is 9.25. The van der Waals surface area contributed by atoms with E-state index in [9.17, 15) is 14.0 Å². The van der Waals surface area contributed by atoms with Crippen molar-refractivity contribution in [2.24, 2.45) is 0 Å². The van der Waals surface area contributed by atoms with E-state index in [2.05, 4.69) is 5.32 Å². The van der Waals surface area contributed by atoms with Gasteiger partial charge in [-0.25, -0.2) is 9.18 Å². The van der Waals surface area contributed by atoms with Crippen molar-refractivity contribution in [2.45, 2.75) is 32.6 Å². The Balaban J connectivity index is 2.00. The molecule has 1 N–H and O–H groups in total. The Morgan fingerprint density at radius 3 is 2.52 bits per heavy atom. The highest BCUT2D eigenvalue weighted by Crippen LogP contribution is 2.25. The third-order valence-corrected chi connectivity index (χ3v) is 4.36. The molecule has 1 aromatic rings. The minimum atomic E-state index is -0.472. The lowest BCUT2D eigenvalue weighted by atomic mass is 10.2. The van der Waals surface area contributed by atoms with Gasteiger partial charge in [0.25, 0.3) is 0 Å². The molecule has 0 spiro atoms. The first kappa shape index (κ1) is 19.0. The number of amides is 3. The molecule has 1 aliphatic rings. The Morgan fingerprint density at radius 1 is 1.24 bits per heavy atom. The number of methoxy groups -OCH3 is 1. The van der Waals surface area contributed by atoms with Gasteiger partial charge in [-0.2, -0.15) is 0 Å². The fourth-order valence-electron chi connectivity index (χ4n) is 2.88. The molecule has 1 fully saturated rings. The van der Waals surface area contributed by atoms with Crippen LogP contribution in [0.25, 0.3) is 0 Å². The van der Waals surface area contributed by atoms with Crippen molar-refractivity contribution in [1.82, 2.24) is 9.80 Å². The van der Waals surface area contributed by atoms with Crippen molar-refractivity contribution in [3.8, 4) is 5.75 Å². The number of likely N-dealkylation sites (N-methyl/N-ethyl adjacent to an activating group) is 1. The van der Waals surface area contributed by atoms with Gasteiger partial charge in [0.2, 0.25) is 5.91 Å². The molecule has 1 heterocycles. The first-order chi connectivity index (χ1) is 12.0. The number of likely N-dealkylation sites (tertiary alicyclic amines) is 1. The van der Waals surface area contributed by atoms with Crippen molar-refractivity contribution in [3.05, 3.63) is 24.0 Å². The van der Waals surface area contributed by atoms with Gasteiger partial charge in [-0.15, -0.1) is 0 Å². The predicted octanol–water partition coefficient (Wildman–Crippen LogP) is 3.09. The van der Waals surface area contributed by atoms with Crippen LogP contribution < -0.4 is 10.1 Å². The third kappa shape index (κ3) is 5.34. The fourth-order valence-corrected chi connectivity index (χ4v) is 2.88. The Bertz CT molecular complexity index is 601. The summed E-state index contributed by atoms with van der Waals surface area (Å²) in [6, 6.07) is 3.45. The SMILES string of the molecule is CCN(CC(=O)N1CCCCCC1)C(=O)Nc1cc(F)ccc1OC. The van der Waals surface area contributed by atoms with Crippen molar-refractivity contribution < 1.29 is 18.7 Å². The van der Waals surface area contributed by atoms with E-state index in [1.807, 2.05) is 4.90 Å². The number of urea groups is 1. The van der Waals surface area contributed by atoms with Gasteiger partial charge in [0.15, 0.2) is 0 Å². The summed E-state index contributed by atoms with van der Waals surface area (Å²) in [6.45, 7) is 3.69. The quantitative estimate of drug-likeness (QED) is 0.887. The summed E-state index contributed by atoms with van der Waals surface area (Å²) >= 11 is 0. The molecule has 0 bridgehead atoms. The maximum Gasteiger partial charge on any atom is 0.322 e. The number of hydrogen-bond donors (Lipinski definition) is 1. The molecule has 3 amide bonds. The van der Waals surface area contributed by atoms with Crippen LogP contribution in [0, 0.1) is 5.82 Å². The maximum absolute atomic E-state index is 13.4. The normalized spacial score (nSPS) is 14.6. The second-order valence-corrected chi connectivity index (χ2v) is 6.08. The van der Waals surface area contributed by atoms with Crippen LogP contribution in [0.15, 0.2) is 18.2 Å². The summed E-state index contributed by atoms with van der Waals surface area (Å²) in [7, 11) is 1.45. The predicted molar refractivity (Wildman–Crippen MR) is 94.3 cm³/mol. The van der Waals surface area contributed by atoms with Crippen LogP contribution in [-0.2, 0) is 4.79 Å². The molecule has 0 unspecified atom stereocenters. The van der Waals surface area contributed by atoms with Crippen molar-refractivity contribution in [2.75, 3.05) is 38.6 Å². The Kier molecular flexibility index (Phi) is 7.03. The highest BCUT2D eigenvalue weighted by molar-refractivity contribution is 5.93. The van der Waals surface area contributed by atoms with Crippen LogP contribution in [0.2, 0.25) is 0 Å². The number of rotatable bonds is 5. The molecule has 7 heteroatoms. The average molecular weight is 351 g/mol. The minimum absolute atomic E-state index is 0.0139. The highest BCUT2D eigenvalue weighted by Gasteiger charge is 2.21. The number of ether oxygens (including phenoxy) is 1. The Hall–Kier alpha value is -2.31. The zero-order chi connectivity index (χ0) is 18.2. The number of hydrogen-bond acceptors (Lipinski definition) is 3. The molecule has 6 nitrogen and oxygen atoms in total. The largest absolute Gasteiger partial charge is 0.495 e. The van der Waals surface area contributed by atoms with Gasteiger partial charge < -0.3 is 19.9 Å². The molecule has 0 radical (unpaired) electrons. The summed E-state index contributed by atoms with van der Waals surface area (Å²) in [5.41, 5.74) is 0.244. The summed E-state index contributed by atoms with van der Waals surface area (Å²) in [5, 5.41) is 2.63. The number of benzene rings is 1. The Morgan fingerprint density at radius 2 is 1.92 bits per heavy atom. The zero-order valence-electron chi connectivity index (χ0n) is 14.9. The summed E-state index contributed by atoms with van der Waals surface area (Å²) < 4.78 is 18.6. The summed E-state index contributed by atoms with van der Waals surface area (Å²) in [6.07, 6.45) is 4.29. The van der Waals surface area contributed by atoms with Gasteiger partial charge in [-0.1, -0.05) is 12.8 Å². The average Bonchev–Trinajstić information content (AvgIpc) is 2.89. The first-order valence-electron chi connectivity index (χ1n) is 8.72. The first-order valence-corrected chi connectivity index (χ1v) is 8.72. The summed E-state index contributed by atoms with van der Waals surface area (Å²) in [4.78, 5) is 28.2. The van der Waals surface area contributed by atoms with E-state index in [1.54, 1.807) is 6.92 Å². The molecule has 138 valence electrons. The van der Waals surface area contributed by atoms with E-state index in [4.69, 9.17) is 4.74 Å². The van der Waals surface area contributed by atoms with Crippen LogP contribution in [0.4, 0.5) is 14.9 Å². The van der Waals surface area contributed by atoms with E-state index in [1.165, 1.54) is 30.2 Å². The number of nitrogens with zero attached hydrogens (tertiary/aromatic N) is 2. The topological polar surface area (TPSA) is 61.9 Å². The number of halogens is 1. The van der Waals surface area contributed by atoms with Crippen molar-refractivity contribution in [1.29, 1.82) is 0 Å². The molecule has 1 aliphatic heterocycles. The molecule has 1 saturated heterocycles. The van der Waals surface area contributed by atoms with Crippen LogP contribution in [0.3, 0.4) is 0 Å². The fraction of sp³-hybridized carbons (Fsp3) is 0.556. The van der Waals surface area contributed by atoms with E-state index >= 15 is 0 Å². The highest BCUT2D eigenvalue weighted by atomic mass is 19.1. The van der Waals surface area contributed by atoms with Gasteiger partial charge in [0.05, 0.1) is 12.8 Å². The van der Waals surface area contributed by atoms with Crippen LogP contribution in [0.1, 0.15) is 32.6 Å². The molecule has 0 atom stereocenters. The lowest BCUT2D eigenvalue weighted by Crippen LogP contribution is -2.44. The van der Waals surface area contributed by atoms with Crippen molar-refractivity contribution >= 4 is 17.6 Å². The van der Waals surface area contributed by atoms with Crippen molar-refractivity contribution in [3.63, 3.8) is 0 Å². The smallest absolute Gasteiger partial charge is 0.322 e. The molecular weight excluding hydrogens is 325 g/mol. The zero-order valence-corrected chi connectivity index (χ0v) is 14.9. The number of anilines is 1.